The summed E-state index contributed by atoms with van der Waals surface area (Å²) in [6.45, 7) is 5.62. The molecule has 0 N–H and O–H groups in total. The number of nitrogens with zero attached hydrogens (tertiary/aromatic N) is 2. The molecule has 0 bridgehead atoms. The summed E-state index contributed by atoms with van der Waals surface area (Å²) >= 11 is 3.48. The SMILES string of the molecule is CCc1cc(COc2ccccc2Br)n(CC)n1. The standard InChI is InChI=1S/C14H17BrN2O/c1-3-11-9-12(17(4-2)16-11)10-18-14-8-6-5-7-13(14)15/h5-9H,3-4,10H2,1-2H3. The van der Waals surface area contributed by atoms with Gasteiger partial charge in [0.25, 0.3) is 0 Å². The Morgan fingerprint density at radius 1 is 1.28 bits per heavy atom. The highest BCUT2D eigenvalue weighted by molar-refractivity contribution is 9.10. The van der Waals surface area contributed by atoms with E-state index in [1.54, 1.807) is 0 Å². The molecule has 0 fully saturated rings. The molecule has 0 saturated carbocycles. The van der Waals surface area contributed by atoms with Gasteiger partial charge < -0.3 is 4.74 Å². The number of para-hydroxylation sites is 1. The van der Waals surface area contributed by atoms with Gasteiger partial charge in [0.05, 0.1) is 15.9 Å². The lowest BCUT2D eigenvalue weighted by atomic mass is 10.3. The number of hydrogen-bond donors (Lipinski definition) is 0. The van der Waals surface area contributed by atoms with Crippen LogP contribution in [0.1, 0.15) is 25.2 Å². The van der Waals surface area contributed by atoms with Crippen LogP contribution in [0.25, 0.3) is 0 Å². The Morgan fingerprint density at radius 3 is 2.72 bits per heavy atom. The number of hydrogen-bond acceptors (Lipinski definition) is 2. The van der Waals surface area contributed by atoms with Gasteiger partial charge in [-0.2, -0.15) is 5.10 Å². The summed E-state index contributed by atoms with van der Waals surface area (Å²) in [6.07, 6.45) is 0.953. The fraction of sp³-hybridized carbons (Fsp3) is 0.357. The molecule has 0 aliphatic rings. The Bertz CT molecular complexity index is 522. The number of rotatable bonds is 5. The quantitative estimate of drug-likeness (QED) is 0.840. The topological polar surface area (TPSA) is 27.1 Å². The first kappa shape index (κ1) is 13.1. The van der Waals surface area contributed by atoms with Crippen LogP contribution in [0, 0.1) is 0 Å². The van der Waals surface area contributed by atoms with E-state index in [1.165, 1.54) is 0 Å². The van der Waals surface area contributed by atoms with Crippen LogP contribution in [0.4, 0.5) is 0 Å². The molecule has 4 heteroatoms. The minimum atomic E-state index is 0.545. The van der Waals surface area contributed by atoms with Gasteiger partial charge in [0, 0.05) is 6.54 Å². The second-order valence-corrected chi connectivity index (χ2v) is 4.87. The van der Waals surface area contributed by atoms with E-state index in [4.69, 9.17) is 4.74 Å². The molecular weight excluding hydrogens is 292 g/mol. The van der Waals surface area contributed by atoms with Crippen molar-refractivity contribution in [3.63, 3.8) is 0 Å². The number of halogens is 1. The molecule has 1 aromatic carbocycles. The predicted octanol–water partition coefficient (Wildman–Crippen LogP) is 3.81. The van der Waals surface area contributed by atoms with Crippen LogP contribution in [0.3, 0.4) is 0 Å². The van der Waals surface area contributed by atoms with E-state index in [0.717, 1.165) is 34.6 Å². The lowest BCUT2D eigenvalue weighted by molar-refractivity contribution is 0.290. The highest BCUT2D eigenvalue weighted by Crippen LogP contribution is 2.24. The molecule has 3 nitrogen and oxygen atoms in total. The Balaban J connectivity index is 2.10. The molecule has 0 radical (unpaired) electrons. The van der Waals surface area contributed by atoms with E-state index < -0.39 is 0 Å². The molecule has 96 valence electrons. The average Bonchev–Trinajstić information content (AvgIpc) is 2.80. The summed E-state index contributed by atoms with van der Waals surface area (Å²) in [5, 5.41) is 4.51. The van der Waals surface area contributed by atoms with Gasteiger partial charge in [-0.25, -0.2) is 0 Å². The lowest BCUT2D eigenvalue weighted by Gasteiger charge is -2.08. The van der Waals surface area contributed by atoms with Crippen LogP contribution >= 0.6 is 15.9 Å². The van der Waals surface area contributed by atoms with E-state index in [2.05, 4.69) is 40.9 Å². The van der Waals surface area contributed by atoms with E-state index in [0.29, 0.717) is 6.61 Å². The predicted molar refractivity (Wildman–Crippen MR) is 75.8 cm³/mol. The van der Waals surface area contributed by atoms with Crippen molar-refractivity contribution in [2.45, 2.75) is 33.4 Å². The van der Waals surface area contributed by atoms with Gasteiger partial charge in [-0.05, 0) is 47.5 Å². The smallest absolute Gasteiger partial charge is 0.134 e. The van der Waals surface area contributed by atoms with Gasteiger partial charge in [0.15, 0.2) is 0 Å². The van der Waals surface area contributed by atoms with Gasteiger partial charge >= 0.3 is 0 Å². The van der Waals surface area contributed by atoms with E-state index in [-0.39, 0.29) is 0 Å². The van der Waals surface area contributed by atoms with Crippen LogP contribution in [0.15, 0.2) is 34.8 Å². The molecule has 1 aromatic heterocycles. The summed E-state index contributed by atoms with van der Waals surface area (Å²) in [4.78, 5) is 0. The van der Waals surface area contributed by atoms with Crippen molar-refractivity contribution in [1.29, 1.82) is 0 Å². The van der Waals surface area contributed by atoms with Gasteiger partial charge in [-0.15, -0.1) is 0 Å². The summed E-state index contributed by atoms with van der Waals surface area (Å²) in [6, 6.07) is 9.98. The average molecular weight is 309 g/mol. The molecule has 0 unspecified atom stereocenters. The third kappa shape index (κ3) is 2.93. The second kappa shape index (κ2) is 6.05. The van der Waals surface area contributed by atoms with E-state index in [9.17, 15) is 0 Å². The van der Waals surface area contributed by atoms with Crippen molar-refractivity contribution in [1.82, 2.24) is 9.78 Å². The van der Waals surface area contributed by atoms with Crippen molar-refractivity contribution in [2.24, 2.45) is 0 Å². The highest BCUT2D eigenvalue weighted by atomic mass is 79.9. The van der Waals surface area contributed by atoms with Crippen LogP contribution in [0.2, 0.25) is 0 Å². The highest BCUT2D eigenvalue weighted by Gasteiger charge is 2.07. The molecule has 1 heterocycles. The van der Waals surface area contributed by atoms with Gasteiger partial charge in [-0.3, -0.25) is 4.68 Å². The number of aryl methyl sites for hydroxylation is 2. The summed E-state index contributed by atoms with van der Waals surface area (Å²) in [5.74, 6) is 0.861. The molecular formula is C14H17BrN2O. The van der Waals surface area contributed by atoms with E-state index >= 15 is 0 Å². The lowest BCUT2D eigenvalue weighted by Crippen LogP contribution is -2.06. The molecule has 0 aliphatic heterocycles. The molecule has 2 aromatic rings. The van der Waals surface area contributed by atoms with Gasteiger partial charge in [0.1, 0.15) is 12.4 Å². The van der Waals surface area contributed by atoms with Crippen molar-refractivity contribution in [2.75, 3.05) is 0 Å². The maximum absolute atomic E-state index is 5.82. The van der Waals surface area contributed by atoms with Gasteiger partial charge in [-0.1, -0.05) is 19.1 Å². The molecule has 0 amide bonds. The van der Waals surface area contributed by atoms with Crippen molar-refractivity contribution in [3.05, 3.63) is 46.2 Å². The minimum absolute atomic E-state index is 0.545. The zero-order valence-corrected chi connectivity index (χ0v) is 12.3. The number of aromatic nitrogens is 2. The molecule has 2 rings (SSSR count). The summed E-state index contributed by atoms with van der Waals surface area (Å²) < 4.78 is 8.79. The van der Waals surface area contributed by atoms with Crippen molar-refractivity contribution < 1.29 is 4.74 Å². The van der Waals surface area contributed by atoms with Crippen LogP contribution < -0.4 is 4.74 Å². The Hall–Kier alpha value is -1.29. The maximum atomic E-state index is 5.82. The number of benzene rings is 1. The zero-order chi connectivity index (χ0) is 13.0. The Labute approximate surface area is 116 Å². The molecule has 0 spiro atoms. The Morgan fingerprint density at radius 2 is 2.06 bits per heavy atom. The first-order valence-corrected chi connectivity index (χ1v) is 6.96. The fourth-order valence-corrected chi connectivity index (χ4v) is 2.19. The number of ether oxygens (including phenoxy) is 1. The summed E-state index contributed by atoms with van der Waals surface area (Å²) in [7, 11) is 0. The first-order chi connectivity index (χ1) is 8.74. The van der Waals surface area contributed by atoms with Crippen LogP contribution in [-0.2, 0) is 19.6 Å². The fourth-order valence-electron chi connectivity index (χ4n) is 1.79. The maximum Gasteiger partial charge on any atom is 0.134 e. The minimum Gasteiger partial charge on any atom is -0.486 e. The van der Waals surface area contributed by atoms with Gasteiger partial charge in [0.2, 0.25) is 0 Å². The second-order valence-electron chi connectivity index (χ2n) is 4.02. The third-order valence-corrected chi connectivity index (χ3v) is 3.44. The monoisotopic (exact) mass is 308 g/mol. The molecule has 0 aliphatic carbocycles. The first-order valence-electron chi connectivity index (χ1n) is 6.17. The van der Waals surface area contributed by atoms with Crippen molar-refractivity contribution in [3.8, 4) is 5.75 Å². The van der Waals surface area contributed by atoms with Crippen LogP contribution in [0.5, 0.6) is 5.75 Å². The van der Waals surface area contributed by atoms with Crippen LogP contribution in [-0.4, -0.2) is 9.78 Å². The normalized spacial score (nSPS) is 10.6. The largest absolute Gasteiger partial charge is 0.486 e. The third-order valence-electron chi connectivity index (χ3n) is 2.79. The summed E-state index contributed by atoms with van der Waals surface area (Å²) in [5.41, 5.74) is 2.23. The zero-order valence-electron chi connectivity index (χ0n) is 10.7. The Kier molecular flexibility index (Phi) is 4.42. The van der Waals surface area contributed by atoms with Crippen molar-refractivity contribution >= 4 is 15.9 Å². The van der Waals surface area contributed by atoms with E-state index in [1.807, 2.05) is 28.9 Å². The molecule has 0 saturated heterocycles. The molecule has 18 heavy (non-hydrogen) atoms. The molecule has 0 atom stereocenters.